The van der Waals surface area contributed by atoms with Gasteiger partial charge in [0.05, 0.1) is 11.9 Å². The maximum atomic E-state index is 12.9. The summed E-state index contributed by atoms with van der Waals surface area (Å²) < 4.78 is 5.64. The molecule has 0 spiro atoms. The molecule has 1 aliphatic heterocycles. The molecule has 0 bridgehead atoms. The molecule has 5 rings (SSSR count). The molecule has 0 radical (unpaired) electrons. The summed E-state index contributed by atoms with van der Waals surface area (Å²) in [6.45, 7) is 12.8. The van der Waals surface area contributed by atoms with Gasteiger partial charge in [-0.2, -0.15) is 10.2 Å². The summed E-state index contributed by atoms with van der Waals surface area (Å²) in [5, 5.41) is 27.0. The number of ether oxygens (including phenoxy) is 1. The second-order valence-corrected chi connectivity index (χ2v) is 12.5. The molecule has 214 valence electrons. The third-order valence-corrected chi connectivity index (χ3v) is 7.66. The smallest absolute Gasteiger partial charge is 0.410 e. The van der Waals surface area contributed by atoms with Crippen molar-refractivity contribution in [3.8, 4) is 6.07 Å². The summed E-state index contributed by atoms with van der Waals surface area (Å²) in [4.78, 5) is 28.2. The maximum absolute atomic E-state index is 12.9. The van der Waals surface area contributed by atoms with E-state index in [1.807, 2.05) is 52.0 Å². The third kappa shape index (κ3) is 5.81. The molecule has 3 heterocycles. The highest BCUT2D eigenvalue weighted by Crippen LogP contribution is 2.39. The highest BCUT2D eigenvalue weighted by molar-refractivity contribution is 5.70. The van der Waals surface area contributed by atoms with E-state index in [1.165, 1.54) is 11.8 Å². The molecule has 0 saturated heterocycles. The summed E-state index contributed by atoms with van der Waals surface area (Å²) in [5.74, 6) is 1.11. The van der Waals surface area contributed by atoms with Crippen molar-refractivity contribution in [2.24, 2.45) is 0 Å². The van der Waals surface area contributed by atoms with Crippen molar-refractivity contribution in [2.75, 3.05) is 17.2 Å². The molecular formula is C31H37N7O3. The Morgan fingerprint density at radius 2 is 1.95 bits per heavy atom. The number of benzene rings is 1. The first-order valence-corrected chi connectivity index (χ1v) is 14.0. The Bertz CT molecular complexity index is 1540. The molecule has 41 heavy (non-hydrogen) atoms. The fraction of sp³-hybridized carbons (Fsp3) is 0.452. The normalized spacial score (nSPS) is 19.1. The maximum Gasteiger partial charge on any atom is 0.410 e. The summed E-state index contributed by atoms with van der Waals surface area (Å²) in [6.07, 6.45) is 3.13. The standard InChI is InChI=1S/C31H37N7O3/c1-7-31(40)13-12-19-8-11-24(35-25(19)31)36-26-21(15-32)16-33-27(37-26)34-22-9-10-23-20(14-22)17-38(18-30(23,5)6)28(39)41-29(2,3)4/h8-11,14,16,40H,7,12-13,17-18H2,1-6H3,(H2,33,34,35,36,37). The van der Waals surface area contributed by atoms with Crippen molar-refractivity contribution in [3.63, 3.8) is 0 Å². The van der Waals surface area contributed by atoms with Crippen LogP contribution in [0.15, 0.2) is 36.5 Å². The van der Waals surface area contributed by atoms with Gasteiger partial charge >= 0.3 is 6.09 Å². The van der Waals surface area contributed by atoms with Gasteiger partial charge in [0.2, 0.25) is 5.95 Å². The number of pyridine rings is 1. The van der Waals surface area contributed by atoms with Crippen LogP contribution < -0.4 is 10.6 Å². The molecule has 10 nitrogen and oxygen atoms in total. The number of rotatable bonds is 5. The molecule has 2 aromatic heterocycles. The van der Waals surface area contributed by atoms with Crippen LogP contribution in [-0.2, 0) is 28.7 Å². The zero-order valence-corrected chi connectivity index (χ0v) is 24.5. The number of carbonyl (C=O) groups is 1. The zero-order chi connectivity index (χ0) is 29.6. The highest BCUT2D eigenvalue weighted by atomic mass is 16.6. The van der Waals surface area contributed by atoms with Crippen LogP contribution >= 0.6 is 0 Å². The Morgan fingerprint density at radius 3 is 2.66 bits per heavy atom. The van der Waals surface area contributed by atoms with Crippen molar-refractivity contribution in [1.82, 2.24) is 19.9 Å². The van der Waals surface area contributed by atoms with Gasteiger partial charge in [-0.3, -0.25) is 0 Å². The number of fused-ring (bicyclic) bond motifs is 2. The number of nitriles is 1. The van der Waals surface area contributed by atoms with Crippen LogP contribution in [0.5, 0.6) is 0 Å². The van der Waals surface area contributed by atoms with Crippen LogP contribution in [0.1, 0.15) is 82.3 Å². The minimum absolute atomic E-state index is 0.252. The number of aryl methyl sites for hydroxylation is 1. The number of nitrogens with zero attached hydrogens (tertiary/aromatic N) is 5. The number of carbonyl (C=O) groups excluding carboxylic acids is 1. The third-order valence-electron chi connectivity index (χ3n) is 7.66. The van der Waals surface area contributed by atoms with E-state index in [2.05, 4.69) is 51.6 Å². The lowest BCUT2D eigenvalue weighted by Gasteiger charge is -2.40. The number of aromatic nitrogens is 3. The van der Waals surface area contributed by atoms with Crippen LogP contribution in [0.3, 0.4) is 0 Å². The lowest BCUT2D eigenvalue weighted by atomic mass is 9.78. The Hall–Kier alpha value is -4.23. The average Bonchev–Trinajstić information content (AvgIpc) is 3.24. The Morgan fingerprint density at radius 1 is 1.17 bits per heavy atom. The van der Waals surface area contributed by atoms with E-state index in [-0.39, 0.29) is 17.1 Å². The first-order chi connectivity index (χ1) is 19.3. The molecule has 10 heteroatoms. The minimum atomic E-state index is -0.941. The topological polar surface area (TPSA) is 136 Å². The molecule has 2 aliphatic rings. The lowest BCUT2D eigenvalue weighted by Crippen LogP contribution is -2.46. The van der Waals surface area contributed by atoms with Crippen LogP contribution in [0.2, 0.25) is 0 Å². The quantitative estimate of drug-likeness (QED) is 0.357. The van der Waals surface area contributed by atoms with Gasteiger partial charge in [-0.15, -0.1) is 0 Å². The van der Waals surface area contributed by atoms with Crippen molar-refractivity contribution in [1.29, 1.82) is 5.26 Å². The fourth-order valence-electron chi connectivity index (χ4n) is 5.58. The van der Waals surface area contributed by atoms with Gasteiger partial charge < -0.3 is 25.4 Å². The summed E-state index contributed by atoms with van der Waals surface area (Å²) >= 11 is 0. The van der Waals surface area contributed by atoms with Crippen LogP contribution in [0, 0.1) is 11.3 Å². The number of hydrogen-bond acceptors (Lipinski definition) is 9. The Labute approximate surface area is 240 Å². The van der Waals surface area contributed by atoms with Gasteiger partial charge in [0, 0.05) is 24.2 Å². The predicted molar refractivity (Wildman–Crippen MR) is 156 cm³/mol. The molecule has 1 atom stereocenters. The van der Waals surface area contributed by atoms with E-state index in [0.717, 1.165) is 23.2 Å². The highest BCUT2D eigenvalue weighted by Gasteiger charge is 2.37. The number of amides is 1. The van der Waals surface area contributed by atoms with Gasteiger partial charge in [-0.1, -0.05) is 32.9 Å². The molecule has 1 unspecified atom stereocenters. The molecule has 3 aromatic rings. The molecule has 1 aromatic carbocycles. The Kier molecular flexibility index (Phi) is 7.12. The van der Waals surface area contributed by atoms with E-state index >= 15 is 0 Å². The van der Waals surface area contributed by atoms with E-state index in [9.17, 15) is 15.2 Å². The number of aliphatic hydroxyl groups is 1. The molecule has 1 amide bonds. The van der Waals surface area contributed by atoms with Crippen molar-refractivity contribution >= 4 is 29.4 Å². The minimum Gasteiger partial charge on any atom is -0.444 e. The van der Waals surface area contributed by atoms with Gasteiger partial charge in [0.15, 0.2) is 5.82 Å². The Balaban J connectivity index is 1.39. The van der Waals surface area contributed by atoms with E-state index in [1.54, 1.807) is 4.90 Å². The zero-order valence-electron chi connectivity index (χ0n) is 24.5. The van der Waals surface area contributed by atoms with Crippen molar-refractivity contribution < 1.29 is 14.6 Å². The first kappa shape index (κ1) is 28.3. The van der Waals surface area contributed by atoms with Crippen molar-refractivity contribution in [2.45, 2.75) is 84.0 Å². The second kappa shape index (κ2) is 10.3. The van der Waals surface area contributed by atoms with Crippen LogP contribution in [-0.4, -0.2) is 43.2 Å². The number of hydrogen-bond donors (Lipinski definition) is 3. The first-order valence-electron chi connectivity index (χ1n) is 14.0. The summed E-state index contributed by atoms with van der Waals surface area (Å²) in [5.41, 5.74) is 3.14. The number of nitrogens with one attached hydrogen (secondary N) is 2. The lowest BCUT2D eigenvalue weighted by molar-refractivity contribution is 0.0174. The largest absolute Gasteiger partial charge is 0.444 e. The van der Waals surface area contributed by atoms with Crippen LogP contribution in [0.25, 0.3) is 0 Å². The number of anilines is 4. The van der Waals surface area contributed by atoms with Crippen molar-refractivity contribution in [3.05, 3.63) is 64.5 Å². The monoisotopic (exact) mass is 555 g/mol. The van der Waals surface area contributed by atoms with E-state index in [0.29, 0.717) is 49.2 Å². The van der Waals surface area contributed by atoms with Crippen LogP contribution in [0.4, 0.5) is 28.1 Å². The second-order valence-electron chi connectivity index (χ2n) is 12.5. The summed E-state index contributed by atoms with van der Waals surface area (Å²) in [6, 6.07) is 11.9. The molecule has 0 fully saturated rings. The average molecular weight is 556 g/mol. The molecule has 1 aliphatic carbocycles. The van der Waals surface area contributed by atoms with E-state index in [4.69, 9.17) is 4.74 Å². The van der Waals surface area contributed by atoms with Gasteiger partial charge in [-0.05, 0) is 74.9 Å². The summed E-state index contributed by atoms with van der Waals surface area (Å²) in [7, 11) is 0. The van der Waals surface area contributed by atoms with Gasteiger partial charge in [0.25, 0.3) is 0 Å². The van der Waals surface area contributed by atoms with Gasteiger partial charge in [-0.25, -0.2) is 14.8 Å². The van der Waals surface area contributed by atoms with E-state index < -0.39 is 11.2 Å². The fourth-order valence-corrected chi connectivity index (χ4v) is 5.58. The molecule has 3 N–H and O–H groups in total. The predicted octanol–water partition coefficient (Wildman–Crippen LogP) is 5.80. The van der Waals surface area contributed by atoms with Gasteiger partial charge in [0.1, 0.15) is 28.7 Å². The molecule has 0 saturated carbocycles. The molecular weight excluding hydrogens is 518 g/mol. The SMILES string of the molecule is CCC1(O)CCc2ccc(Nc3nc(Nc4ccc5c(c4)CN(C(=O)OC(C)(C)C)CC5(C)C)ncc3C#N)nc21.